The van der Waals surface area contributed by atoms with Crippen LogP contribution in [0.5, 0.6) is 11.6 Å². The maximum atomic E-state index is 15.0. The summed E-state index contributed by atoms with van der Waals surface area (Å²) in [5.41, 5.74) is 5.75. The van der Waals surface area contributed by atoms with Gasteiger partial charge in [0, 0.05) is 30.3 Å². The predicted molar refractivity (Wildman–Crippen MR) is 160 cm³/mol. The average Bonchev–Trinajstić information content (AvgIpc) is 3.78. The van der Waals surface area contributed by atoms with Gasteiger partial charge in [-0.05, 0) is 104 Å². The van der Waals surface area contributed by atoms with Crippen molar-refractivity contribution in [3.8, 4) is 22.8 Å². The number of aromatic nitrogens is 1. The molecule has 2 aliphatic heterocycles. The normalized spacial score (nSPS) is 23.6. The molecule has 1 saturated heterocycles. The fourth-order valence-electron chi connectivity index (χ4n) is 7.12. The number of likely N-dealkylation sites (tertiary alicyclic amines) is 1. The first-order valence-corrected chi connectivity index (χ1v) is 15.3. The number of pyridine rings is 1. The molecule has 0 radical (unpaired) electrons. The number of hydrogen-bond donors (Lipinski definition) is 1. The number of carboxylic acids is 1. The second kappa shape index (κ2) is 11.7. The van der Waals surface area contributed by atoms with Crippen molar-refractivity contribution in [1.82, 2.24) is 9.88 Å². The molecule has 6 rings (SSSR count). The Morgan fingerprint density at radius 1 is 1.10 bits per heavy atom. The number of carboxylic acid groups (broad SMARTS) is 1. The molecule has 1 aliphatic carbocycles. The molecule has 0 amide bonds. The van der Waals surface area contributed by atoms with Crippen LogP contribution < -0.4 is 9.47 Å². The van der Waals surface area contributed by atoms with E-state index in [0.29, 0.717) is 29.4 Å². The third-order valence-corrected chi connectivity index (χ3v) is 9.81. The predicted octanol–water partition coefficient (Wildman–Crippen LogP) is 7.55. The first-order valence-electron chi connectivity index (χ1n) is 15.3. The Morgan fingerprint density at radius 2 is 1.86 bits per heavy atom. The highest BCUT2D eigenvalue weighted by molar-refractivity contribution is 5.71. The van der Waals surface area contributed by atoms with Gasteiger partial charge < -0.3 is 14.6 Å². The van der Waals surface area contributed by atoms with Crippen LogP contribution in [0.25, 0.3) is 11.1 Å². The standard InChI is InChI=1S/C35H41FN2O4/c1-20-5-6-21(2)38(20)19-27-15-25(29-17-33(41-4)37-18-30(29)36)11-13-28(27)31-14-12-23-7-10-26(16-32(23)42-31)34(24-8-9-24)22(3)35(39)40/h7,10-11,13,15-18,20-22,24,31,34H,5-6,8-9,12,14,19H2,1-4H3,(H,39,40)/t20-,21-,22+,31?,34+/m1/s1. The summed E-state index contributed by atoms with van der Waals surface area (Å²) >= 11 is 0. The molecule has 0 spiro atoms. The molecule has 5 atom stereocenters. The van der Waals surface area contributed by atoms with E-state index in [1.807, 2.05) is 13.0 Å². The summed E-state index contributed by atoms with van der Waals surface area (Å²) in [5.74, 6) is 0.0841. The minimum Gasteiger partial charge on any atom is -0.485 e. The van der Waals surface area contributed by atoms with E-state index in [1.54, 1.807) is 6.07 Å². The highest BCUT2D eigenvalue weighted by Crippen LogP contribution is 2.48. The summed E-state index contributed by atoms with van der Waals surface area (Å²) in [6, 6.07) is 15.1. The first-order chi connectivity index (χ1) is 20.2. The van der Waals surface area contributed by atoms with Crippen LogP contribution in [0.3, 0.4) is 0 Å². The summed E-state index contributed by atoms with van der Waals surface area (Å²) in [5, 5.41) is 9.79. The van der Waals surface area contributed by atoms with E-state index in [9.17, 15) is 14.3 Å². The van der Waals surface area contributed by atoms with Crippen molar-refractivity contribution in [2.45, 2.75) is 89.9 Å². The molecule has 3 heterocycles. The van der Waals surface area contributed by atoms with Gasteiger partial charge in [0.15, 0.2) is 0 Å². The van der Waals surface area contributed by atoms with E-state index in [2.05, 4.69) is 54.1 Å². The third-order valence-electron chi connectivity index (χ3n) is 9.81. The van der Waals surface area contributed by atoms with Gasteiger partial charge in [0.05, 0.1) is 19.2 Å². The van der Waals surface area contributed by atoms with E-state index in [-0.39, 0.29) is 17.8 Å². The Kier molecular flexibility index (Phi) is 7.97. The zero-order valence-corrected chi connectivity index (χ0v) is 25.0. The number of halogens is 1. The molecule has 222 valence electrons. The van der Waals surface area contributed by atoms with Gasteiger partial charge in [0.25, 0.3) is 0 Å². The fraction of sp³-hybridized carbons (Fsp3) is 0.486. The van der Waals surface area contributed by atoms with Gasteiger partial charge in [-0.3, -0.25) is 9.69 Å². The molecule has 2 aromatic carbocycles. The minimum absolute atomic E-state index is 0.00277. The van der Waals surface area contributed by atoms with Crippen LogP contribution in [0.4, 0.5) is 4.39 Å². The smallest absolute Gasteiger partial charge is 0.306 e. The van der Waals surface area contributed by atoms with Crippen LogP contribution in [0, 0.1) is 17.7 Å². The molecule has 2 fully saturated rings. The summed E-state index contributed by atoms with van der Waals surface area (Å²) < 4.78 is 27.0. The first kappa shape index (κ1) is 28.7. The van der Waals surface area contributed by atoms with Gasteiger partial charge in [0.1, 0.15) is 17.7 Å². The summed E-state index contributed by atoms with van der Waals surface area (Å²) in [4.78, 5) is 18.5. The number of methoxy groups -OCH3 is 1. The molecular weight excluding hydrogens is 531 g/mol. The molecule has 42 heavy (non-hydrogen) atoms. The number of ether oxygens (including phenoxy) is 2. The van der Waals surface area contributed by atoms with Gasteiger partial charge in [-0.2, -0.15) is 0 Å². The molecule has 1 aromatic heterocycles. The molecule has 3 aromatic rings. The quantitative estimate of drug-likeness (QED) is 0.285. The lowest BCUT2D eigenvalue weighted by Crippen LogP contribution is -2.32. The summed E-state index contributed by atoms with van der Waals surface area (Å²) in [6.07, 6.45) is 7.30. The Morgan fingerprint density at radius 3 is 2.55 bits per heavy atom. The van der Waals surface area contributed by atoms with Crippen LogP contribution in [-0.4, -0.2) is 40.2 Å². The summed E-state index contributed by atoms with van der Waals surface area (Å²) in [7, 11) is 1.54. The van der Waals surface area contributed by atoms with Crippen molar-refractivity contribution in [2.24, 2.45) is 11.8 Å². The Bertz CT molecular complexity index is 1460. The topological polar surface area (TPSA) is 71.9 Å². The van der Waals surface area contributed by atoms with E-state index in [0.717, 1.165) is 60.2 Å². The lowest BCUT2D eigenvalue weighted by atomic mass is 9.82. The molecule has 1 N–H and O–H groups in total. The summed E-state index contributed by atoms with van der Waals surface area (Å²) in [6.45, 7) is 7.15. The van der Waals surface area contributed by atoms with Crippen LogP contribution in [0.15, 0.2) is 48.7 Å². The van der Waals surface area contributed by atoms with Crippen molar-refractivity contribution in [3.63, 3.8) is 0 Å². The van der Waals surface area contributed by atoms with Gasteiger partial charge in [-0.1, -0.05) is 31.2 Å². The number of aliphatic carboxylic acids is 1. The van der Waals surface area contributed by atoms with Crippen molar-refractivity contribution < 1.29 is 23.8 Å². The zero-order valence-electron chi connectivity index (χ0n) is 25.0. The monoisotopic (exact) mass is 572 g/mol. The Labute approximate surface area is 247 Å². The van der Waals surface area contributed by atoms with Gasteiger partial charge in [-0.25, -0.2) is 9.37 Å². The largest absolute Gasteiger partial charge is 0.485 e. The number of hydrogen-bond acceptors (Lipinski definition) is 5. The van der Waals surface area contributed by atoms with Crippen LogP contribution >= 0.6 is 0 Å². The molecule has 7 heteroatoms. The molecule has 0 bridgehead atoms. The number of aryl methyl sites for hydroxylation is 1. The fourth-order valence-corrected chi connectivity index (χ4v) is 7.12. The second-order valence-corrected chi connectivity index (χ2v) is 12.6. The lowest BCUT2D eigenvalue weighted by Gasteiger charge is -2.32. The van der Waals surface area contributed by atoms with Crippen LogP contribution in [0.1, 0.15) is 87.2 Å². The second-order valence-electron chi connectivity index (χ2n) is 12.6. The van der Waals surface area contributed by atoms with Crippen LogP contribution in [-0.2, 0) is 17.8 Å². The Balaban J connectivity index is 1.35. The number of nitrogens with zero attached hydrogens (tertiary/aromatic N) is 2. The SMILES string of the molecule is COc1cc(-c2ccc(C3CCc4ccc([C@H](C5CC5)[C@H](C)C(=O)O)cc4O3)c(CN3[C@H](C)CC[C@H]3C)c2)c(F)cn1. The van der Waals surface area contributed by atoms with Gasteiger partial charge >= 0.3 is 5.97 Å². The molecule has 3 aliphatic rings. The highest BCUT2D eigenvalue weighted by atomic mass is 19.1. The number of benzene rings is 2. The molecule has 1 unspecified atom stereocenters. The van der Waals surface area contributed by atoms with E-state index in [1.165, 1.54) is 31.7 Å². The van der Waals surface area contributed by atoms with Gasteiger partial charge in [0.2, 0.25) is 5.88 Å². The average molecular weight is 573 g/mol. The van der Waals surface area contributed by atoms with Crippen molar-refractivity contribution in [2.75, 3.05) is 7.11 Å². The lowest BCUT2D eigenvalue weighted by molar-refractivity contribution is -0.142. The van der Waals surface area contributed by atoms with Crippen molar-refractivity contribution >= 4 is 5.97 Å². The number of fused-ring (bicyclic) bond motifs is 1. The van der Waals surface area contributed by atoms with Gasteiger partial charge in [-0.15, -0.1) is 0 Å². The Hall–Kier alpha value is -3.45. The third kappa shape index (κ3) is 5.63. The number of carbonyl (C=O) groups is 1. The van der Waals surface area contributed by atoms with E-state index < -0.39 is 11.9 Å². The van der Waals surface area contributed by atoms with Crippen LogP contribution in [0.2, 0.25) is 0 Å². The molecular formula is C35H41FN2O4. The minimum atomic E-state index is -0.748. The maximum absolute atomic E-state index is 15.0. The number of rotatable bonds is 9. The van der Waals surface area contributed by atoms with E-state index in [4.69, 9.17) is 9.47 Å². The van der Waals surface area contributed by atoms with Crippen molar-refractivity contribution in [3.05, 3.63) is 76.7 Å². The molecule has 6 nitrogen and oxygen atoms in total. The van der Waals surface area contributed by atoms with Crippen molar-refractivity contribution in [1.29, 1.82) is 0 Å². The highest BCUT2D eigenvalue weighted by Gasteiger charge is 2.39. The maximum Gasteiger partial charge on any atom is 0.306 e. The molecule has 1 saturated carbocycles. The van der Waals surface area contributed by atoms with E-state index >= 15 is 0 Å². The zero-order chi connectivity index (χ0) is 29.5.